The molecule has 7 aromatic carbocycles. The average molecular weight is 589 g/mol. The van der Waals surface area contributed by atoms with Gasteiger partial charge in [0.05, 0.1) is 46.9 Å². The number of rotatable bonds is 3. The molecular weight excluding hydrogens is 548 g/mol. The number of para-hydroxylation sites is 5. The van der Waals surface area contributed by atoms with Crippen molar-refractivity contribution < 1.29 is 23.6 Å². The van der Waals surface area contributed by atoms with E-state index in [0.29, 0.717) is 11.0 Å². The molecule has 0 atom stereocenters. The summed E-state index contributed by atoms with van der Waals surface area (Å²) in [5.74, 6) is 0. The van der Waals surface area contributed by atoms with Crippen molar-refractivity contribution in [1.82, 2.24) is 9.13 Å². The van der Waals surface area contributed by atoms with Gasteiger partial charge in [0.15, 0.2) is 0 Å². The first-order valence-electron chi connectivity index (χ1n) is 21.2. The average Bonchev–Trinajstić information content (AvgIpc) is 3.92. The summed E-state index contributed by atoms with van der Waals surface area (Å²) in [5, 5.41) is 1.41. The van der Waals surface area contributed by atoms with Gasteiger partial charge in [0, 0.05) is 43.6 Å². The Balaban J connectivity index is 1.42. The topological polar surface area (TPSA) is 23.0 Å². The Kier molecular flexibility index (Phi) is 2.99. The molecule has 3 heteroatoms. The summed E-state index contributed by atoms with van der Waals surface area (Å²) in [6.45, 7) is 0. The van der Waals surface area contributed by atoms with Crippen LogP contribution in [0.2, 0.25) is 0 Å². The molecule has 0 radical (unpaired) electrons. The molecule has 0 saturated heterocycles. The van der Waals surface area contributed by atoms with Crippen molar-refractivity contribution in [1.29, 1.82) is 0 Å². The minimum absolute atomic E-state index is 0.0264. The number of benzene rings is 7. The highest BCUT2D eigenvalue weighted by Crippen LogP contribution is 2.42. The Morgan fingerprint density at radius 3 is 1.96 bits per heavy atom. The standard InChI is InChI=1S/C42H26N2O/c1-6-18-35-28(12-1)29-13-2-7-19-36(29)43(35)27-24-25-39-34(26-27)31-15-4-9-21-38(31)44(39)37-20-8-3-14-30(37)32-17-11-23-41-42(32)33-16-5-10-22-40(33)45-41/h1-26H/i4D,5D,9D,10D,11D,15D,16D,17D,21D,22D,23D,24D,25D,26D. The van der Waals surface area contributed by atoms with Gasteiger partial charge >= 0.3 is 0 Å². The van der Waals surface area contributed by atoms with Crippen LogP contribution in [0, 0.1) is 0 Å². The Hall–Kier alpha value is -6.06. The lowest BCUT2D eigenvalue weighted by Gasteiger charge is -2.15. The first-order chi connectivity index (χ1) is 28.2. The van der Waals surface area contributed by atoms with E-state index in [1.54, 1.807) is 28.8 Å². The van der Waals surface area contributed by atoms with Crippen LogP contribution in [0.4, 0.5) is 0 Å². The zero-order valence-electron chi connectivity index (χ0n) is 37.2. The van der Waals surface area contributed by atoms with E-state index in [4.69, 9.17) is 15.4 Å². The van der Waals surface area contributed by atoms with E-state index in [2.05, 4.69) is 0 Å². The summed E-state index contributed by atoms with van der Waals surface area (Å²) >= 11 is 0. The predicted octanol–water partition coefficient (Wildman–Crippen LogP) is 11.4. The van der Waals surface area contributed by atoms with Crippen LogP contribution in [0.5, 0.6) is 0 Å². The lowest BCUT2D eigenvalue weighted by atomic mass is 9.98. The summed E-state index contributed by atoms with van der Waals surface area (Å²) in [6.07, 6.45) is 0. The highest BCUT2D eigenvalue weighted by atomic mass is 16.3. The second kappa shape index (κ2) is 9.22. The maximum Gasteiger partial charge on any atom is 0.136 e. The zero-order chi connectivity index (χ0) is 41.7. The molecule has 0 aliphatic heterocycles. The third kappa shape index (κ3) is 3.41. The number of nitrogens with zero attached hydrogens (tertiary/aromatic N) is 2. The van der Waals surface area contributed by atoms with E-state index >= 15 is 0 Å². The first-order valence-corrected chi connectivity index (χ1v) is 14.2. The molecule has 0 aliphatic carbocycles. The monoisotopic (exact) mass is 588 g/mol. The molecule has 0 unspecified atom stereocenters. The predicted molar refractivity (Wildman–Crippen MR) is 188 cm³/mol. The minimum atomic E-state index is -0.594. The van der Waals surface area contributed by atoms with E-state index in [-0.39, 0.29) is 78.3 Å². The van der Waals surface area contributed by atoms with Gasteiger partial charge in [-0.05, 0) is 60.0 Å². The van der Waals surface area contributed by atoms with E-state index < -0.39 is 72.5 Å². The number of hydrogen-bond donors (Lipinski definition) is 0. The summed E-state index contributed by atoms with van der Waals surface area (Å²) in [6, 6.07) is 14.3. The van der Waals surface area contributed by atoms with Crippen molar-refractivity contribution >= 4 is 65.6 Å². The Labute approximate surface area is 278 Å². The van der Waals surface area contributed by atoms with Crippen molar-refractivity contribution in [2.45, 2.75) is 0 Å². The van der Waals surface area contributed by atoms with Crippen LogP contribution in [-0.2, 0) is 0 Å². The largest absolute Gasteiger partial charge is 0.456 e. The van der Waals surface area contributed by atoms with Crippen molar-refractivity contribution in [3.05, 3.63) is 157 Å². The van der Waals surface area contributed by atoms with Crippen LogP contribution >= 0.6 is 0 Å². The second-order valence-electron chi connectivity index (χ2n) is 10.7. The van der Waals surface area contributed by atoms with Crippen molar-refractivity contribution in [3.63, 3.8) is 0 Å². The van der Waals surface area contributed by atoms with Crippen LogP contribution in [0.3, 0.4) is 0 Å². The van der Waals surface area contributed by atoms with Crippen molar-refractivity contribution in [3.8, 4) is 22.5 Å². The summed E-state index contributed by atoms with van der Waals surface area (Å²) in [5.41, 5.74) is 0.753. The molecule has 0 aliphatic rings. The molecule has 0 bridgehead atoms. The maximum atomic E-state index is 9.87. The van der Waals surface area contributed by atoms with Crippen LogP contribution < -0.4 is 0 Å². The number of hydrogen-bond acceptors (Lipinski definition) is 1. The third-order valence-corrected chi connectivity index (χ3v) is 8.31. The maximum absolute atomic E-state index is 9.87. The molecular formula is C42H26N2O. The van der Waals surface area contributed by atoms with Gasteiger partial charge in [-0.2, -0.15) is 0 Å². The summed E-state index contributed by atoms with van der Waals surface area (Å²) < 4.78 is 135. The molecule has 0 N–H and O–H groups in total. The summed E-state index contributed by atoms with van der Waals surface area (Å²) in [4.78, 5) is 0. The number of aromatic nitrogens is 2. The van der Waals surface area contributed by atoms with Crippen LogP contribution in [-0.4, -0.2) is 9.13 Å². The fourth-order valence-corrected chi connectivity index (χ4v) is 6.46. The fraction of sp³-hybridized carbons (Fsp3) is 0. The van der Waals surface area contributed by atoms with Crippen molar-refractivity contribution in [2.24, 2.45) is 0 Å². The molecule has 10 rings (SSSR count). The molecule has 210 valence electrons. The van der Waals surface area contributed by atoms with E-state index in [1.807, 2.05) is 48.5 Å². The smallest absolute Gasteiger partial charge is 0.136 e. The van der Waals surface area contributed by atoms with Gasteiger partial charge < -0.3 is 13.6 Å². The van der Waals surface area contributed by atoms with Gasteiger partial charge in [0.2, 0.25) is 0 Å². The third-order valence-electron chi connectivity index (χ3n) is 8.31. The highest BCUT2D eigenvalue weighted by molar-refractivity contribution is 6.15. The van der Waals surface area contributed by atoms with Gasteiger partial charge in [0.1, 0.15) is 11.2 Å². The van der Waals surface area contributed by atoms with Crippen molar-refractivity contribution in [2.75, 3.05) is 0 Å². The first kappa shape index (κ1) is 14.6. The van der Waals surface area contributed by atoms with Gasteiger partial charge in [-0.3, -0.25) is 0 Å². The molecule has 0 saturated carbocycles. The van der Waals surface area contributed by atoms with E-state index in [9.17, 15) is 8.22 Å². The van der Waals surface area contributed by atoms with Crippen LogP contribution in [0.1, 0.15) is 19.2 Å². The van der Waals surface area contributed by atoms with E-state index in [1.165, 1.54) is 4.57 Å². The normalized spacial score (nSPS) is 16.4. The lowest BCUT2D eigenvalue weighted by molar-refractivity contribution is 0.669. The fourth-order valence-electron chi connectivity index (χ4n) is 6.46. The van der Waals surface area contributed by atoms with Crippen LogP contribution in [0.15, 0.2) is 162 Å². The van der Waals surface area contributed by atoms with Gasteiger partial charge in [-0.15, -0.1) is 0 Å². The van der Waals surface area contributed by atoms with Gasteiger partial charge in [-0.25, -0.2) is 0 Å². The molecule has 0 amide bonds. The SMILES string of the molecule is [2H]c1c([2H])c([2H])c2c(oc3c([2H])c([2H])c([2H])c(-c4ccccc4-n4c5c([2H])c([2H])c([2H])c([2H])c5c5c([2H])c(-n6c7ccccc7c7ccccc76)c([2H])c([2H])c54)c32)c1[2H]. The Morgan fingerprint density at radius 2 is 1.11 bits per heavy atom. The molecule has 10 aromatic rings. The molecule has 3 nitrogen and oxygen atoms in total. The molecule has 0 fully saturated rings. The Bertz CT molecular complexity index is 3510. The van der Waals surface area contributed by atoms with Gasteiger partial charge in [-0.1, -0.05) is 103 Å². The Morgan fingerprint density at radius 1 is 0.444 bits per heavy atom. The minimum Gasteiger partial charge on any atom is -0.456 e. The highest BCUT2D eigenvalue weighted by Gasteiger charge is 2.20. The number of fused-ring (bicyclic) bond motifs is 9. The summed E-state index contributed by atoms with van der Waals surface area (Å²) in [7, 11) is 0. The molecule has 3 aromatic heterocycles. The lowest BCUT2D eigenvalue weighted by Crippen LogP contribution is -1.98. The second-order valence-corrected chi connectivity index (χ2v) is 10.7. The quantitative estimate of drug-likeness (QED) is 0.201. The zero-order valence-corrected chi connectivity index (χ0v) is 23.2. The van der Waals surface area contributed by atoms with Gasteiger partial charge in [0.25, 0.3) is 0 Å². The van der Waals surface area contributed by atoms with Crippen LogP contribution in [0.25, 0.3) is 88.1 Å². The molecule has 0 spiro atoms. The van der Waals surface area contributed by atoms with E-state index in [0.717, 1.165) is 10.8 Å². The molecule has 45 heavy (non-hydrogen) atoms. The number of furan rings is 1. The molecule has 3 heterocycles.